The number of nitrogens with one attached hydrogen (secondary N) is 1. The second-order valence-electron chi connectivity index (χ2n) is 6.31. The van der Waals surface area contributed by atoms with Gasteiger partial charge >= 0.3 is 6.01 Å². The number of ether oxygens (including phenoxy) is 4. The quantitative estimate of drug-likeness (QED) is 0.502. The van der Waals surface area contributed by atoms with Gasteiger partial charge in [-0.2, -0.15) is 0 Å². The normalized spacial score (nSPS) is 11.0. The first-order chi connectivity index (χ1) is 15.3. The van der Waals surface area contributed by atoms with Crippen LogP contribution in [-0.2, 0) is 14.6 Å². The Balaban J connectivity index is 1.75. The van der Waals surface area contributed by atoms with Crippen LogP contribution in [0.25, 0.3) is 11.5 Å². The first-order valence-electron chi connectivity index (χ1n) is 9.11. The lowest BCUT2D eigenvalue weighted by Gasteiger charge is -2.12. The standard InChI is InChI=1S/C20H21N3O8S/c1-27-13-5-7-14(8-6-13)32(25,26)11-17(24)21-20-23-22-19(31-20)12-9-15(28-2)18(30-4)16(10-12)29-3/h5-10H,11H2,1-4H3,(H,21,23,24). The molecule has 11 nitrogen and oxygen atoms in total. The van der Waals surface area contributed by atoms with Gasteiger partial charge in [0.25, 0.3) is 0 Å². The fourth-order valence-electron chi connectivity index (χ4n) is 2.79. The monoisotopic (exact) mass is 463 g/mol. The Morgan fingerprint density at radius 3 is 2.09 bits per heavy atom. The number of hydrogen-bond donors (Lipinski definition) is 1. The Labute approximate surface area is 184 Å². The average molecular weight is 463 g/mol. The highest BCUT2D eigenvalue weighted by molar-refractivity contribution is 7.92. The van der Waals surface area contributed by atoms with Gasteiger partial charge in [-0.3, -0.25) is 10.1 Å². The van der Waals surface area contributed by atoms with Gasteiger partial charge in [-0.05, 0) is 36.4 Å². The van der Waals surface area contributed by atoms with E-state index in [1.165, 1.54) is 52.7 Å². The van der Waals surface area contributed by atoms with Gasteiger partial charge < -0.3 is 23.4 Å². The number of benzene rings is 2. The zero-order valence-corrected chi connectivity index (χ0v) is 18.6. The van der Waals surface area contributed by atoms with Gasteiger partial charge in [0.1, 0.15) is 11.5 Å². The van der Waals surface area contributed by atoms with Crippen molar-refractivity contribution in [2.24, 2.45) is 0 Å². The van der Waals surface area contributed by atoms with E-state index < -0.39 is 21.5 Å². The van der Waals surface area contributed by atoms with E-state index in [0.717, 1.165) is 0 Å². The van der Waals surface area contributed by atoms with Gasteiger partial charge in [0.2, 0.25) is 17.5 Å². The molecule has 1 N–H and O–H groups in total. The lowest BCUT2D eigenvalue weighted by molar-refractivity contribution is -0.114. The smallest absolute Gasteiger partial charge is 0.322 e. The highest BCUT2D eigenvalue weighted by atomic mass is 32.2. The van der Waals surface area contributed by atoms with E-state index in [0.29, 0.717) is 28.6 Å². The van der Waals surface area contributed by atoms with Crippen LogP contribution in [0.5, 0.6) is 23.0 Å². The van der Waals surface area contributed by atoms with Crippen molar-refractivity contribution in [2.75, 3.05) is 39.5 Å². The van der Waals surface area contributed by atoms with Crippen LogP contribution >= 0.6 is 0 Å². The topological polar surface area (TPSA) is 139 Å². The molecular formula is C20H21N3O8S. The molecule has 170 valence electrons. The van der Waals surface area contributed by atoms with Crippen LogP contribution in [0, 0.1) is 0 Å². The molecule has 0 bridgehead atoms. The average Bonchev–Trinajstić information content (AvgIpc) is 3.25. The third-order valence-electron chi connectivity index (χ3n) is 4.32. The Morgan fingerprint density at radius 2 is 1.56 bits per heavy atom. The predicted molar refractivity (Wildman–Crippen MR) is 113 cm³/mol. The van der Waals surface area contributed by atoms with E-state index in [1.54, 1.807) is 12.1 Å². The number of rotatable bonds is 9. The van der Waals surface area contributed by atoms with Crippen molar-refractivity contribution in [1.82, 2.24) is 10.2 Å². The van der Waals surface area contributed by atoms with E-state index in [2.05, 4.69) is 15.5 Å². The third-order valence-corrected chi connectivity index (χ3v) is 5.96. The molecule has 0 aliphatic rings. The van der Waals surface area contributed by atoms with Gasteiger partial charge in [0.15, 0.2) is 21.3 Å². The number of anilines is 1. The van der Waals surface area contributed by atoms with E-state index in [1.807, 2.05) is 0 Å². The van der Waals surface area contributed by atoms with Crippen LogP contribution < -0.4 is 24.3 Å². The Hall–Kier alpha value is -3.80. The van der Waals surface area contributed by atoms with Gasteiger partial charge in [0, 0.05) is 5.56 Å². The Kier molecular flexibility index (Phi) is 6.83. The number of sulfone groups is 1. The van der Waals surface area contributed by atoms with E-state index in [9.17, 15) is 13.2 Å². The summed E-state index contributed by atoms with van der Waals surface area (Å²) in [5.74, 6) is 0.0429. The molecule has 0 spiro atoms. The Morgan fingerprint density at radius 1 is 0.938 bits per heavy atom. The maximum absolute atomic E-state index is 12.5. The Bertz CT molecular complexity index is 1180. The summed E-state index contributed by atoms with van der Waals surface area (Å²) in [5, 5.41) is 9.90. The summed E-state index contributed by atoms with van der Waals surface area (Å²) in [7, 11) is 1.98. The fourth-order valence-corrected chi connectivity index (χ4v) is 3.92. The first-order valence-corrected chi connectivity index (χ1v) is 10.8. The number of methoxy groups -OCH3 is 4. The number of carbonyl (C=O) groups is 1. The van der Waals surface area contributed by atoms with E-state index >= 15 is 0 Å². The molecule has 0 atom stereocenters. The SMILES string of the molecule is COc1ccc(S(=O)(=O)CC(=O)Nc2nnc(-c3cc(OC)c(OC)c(OC)c3)o2)cc1. The minimum absolute atomic E-state index is 0.0166. The van der Waals surface area contributed by atoms with Gasteiger partial charge in [-0.25, -0.2) is 8.42 Å². The minimum atomic E-state index is -3.88. The molecule has 12 heteroatoms. The zero-order chi connectivity index (χ0) is 23.3. The van der Waals surface area contributed by atoms with Crippen molar-refractivity contribution in [3.8, 4) is 34.5 Å². The molecule has 3 rings (SSSR count). The molecule has 1 aromatic heterocycles. The molecule has 1 amide bonds. The molecular weight excluding hydrogens is 442 g/mol. The summed E-state index contributed by atoms with van der Waals surface area (Å²) < 4.78 is 51.2. The van der Waals surface area contributed by atoms with Gasteiger partial charge in [-0.15, -0.1) is 5.10 Å². The molecule has 1 heterocycles. The van der Waals surface area contributed by atoms with Crippen molar-refractivity contribution < 1.29 is 36.6 Å². The molecule has 0 aliphatic carbocycles. The van der Waals surface area contributed by atoms with Crippen LogP contribution in [0.2, 0.25) is 0 Å². The molecule has 0 unspecified atom stereocenters. The summed E-state index contributed by atoms with van der Waals surface area (Å²) in [4.78, 5) is 12.2. The summed E-state index contributed by atoms with van der Waals surface area (Å²) in [6, 6.07) is 8.62. The molecule has 0 radical (unpaired) electrons. The summed E-state index contributed by atoms with van der Waals surface area (Å²) in [6.45, 7) is 0. The van der Waals surface area contributed by atoms with Crippen LogP contribution in [0.1, 0.15) is 0 Å². The third kappa shape index (κ3) is 4.91. The maximum atomic E-state index is 12.5. The summed E-state index contributed by atoms with van der Waals surface area (Å²) >= 11 is 0. The molecule has 32 heavy (non-hydrogen) atoms. The lowest BCUT2D eigenvalue weighted by atomic mass is 10.2. The van der Waals surface area contributed by atoms with Gasteiger partial charge in [0.05, 0.1) is 33.3 Å². The number of amides is 1. The molecule has 0 aliphatic heterocycles. The van der Waals surface area contributed by atoms with Crippen molar-refractivity contribution in [3.63, 3.8) is 0 Å². The second-order valence-corrected chi connectivity index (χ2v) is 8.30. The number of hydrogen-bond acceptors (Lipinski definition) is 10. The van der Waals surface area contributed by atoms with E-state index in [4.69, 9.17) is 23.4 Å². The lowest BCUT2D eigenvalue weighted by Crippen LogP contribution is -2.23. The zero-order valence-electron chi connectivity index (χ0n) is 17.7. The summed E-state index contributed by atoms with van der Waals surface area (Å²) in [6.07, 6.45) is 0. The maximum Gasteiger partial charge on any atom is 0.322 e. The molecule has 0 fully saturated rings. The van der Waals surface area contributed by atoms with E-state index in [-0.39, 0.29) is 16.8 Å². The molecule has 0 saturated heterocycles. The second kappa shape index (κ2) is 9.56. The molecule has 2 aromatic carbocycles. The predicted octanol–water partition coefficient (Wildman–Crippen LogP) is 2.18. The van der Waals surface area contributed by atoms with Crippen LogP contribution in [0.4, 0.5) is 6.01 Å². The van der Waals surface area contributed by atoms with Crippen LogP contribution in [-0.4, -0.2) is 58.7 Å². The van der Waals surface area contributed by atoms with Crippen molar-refractivity contribution in [3.05, 3.63) is 36.4 Å². The number of carbonyl (C=O) groups excluding carboxylic acids is 1. The molecule has 3 aromatic rings. The van der Waals surface area contributed by atoms with Crippen molar-refractivity contribution in [1.29, 1.82) is 0 Å². The van der Waals surface area contributed by atoms with Crippen molar-refractivity contribution in [2.45, 2.75) is 4.90 Å². The highest BCUT2D eigenvalue weighted by Gasteiger charge is 2.22. The highest BCUT2D eigenvalue weighted by Crippen LogP contribution is 2.41. The van der Waals surface area contributed by atoms with Crippen LogP contribution in [0.3, 0.4) is 0 Å². The fraction of sp³-hybridized carbons (Fsp3) is 0.250. The molecule has 0 saturated carbocycles. The number of aromatic nitrogens is 2. The van der Waals surface area contributed by atoms with Crippen molar-refractivity contribution >= 4 is 21.8 Å². The first kappa shape index (κ1) is 22.9. The number of nitrogens with zero attached hydrogens (tertiary/aromatic N) is 2. The largest absolute Gasteiger partial charge is 0.497 e. The minimum Gasteiger partial charge on any atom is -0.497 e. The van der Waals surface area contributed by atoms with Crippen LogP contribution in [0.15, 0.2) is 45.7 Å². The summed E-state index contributed by atoms with van der Waals surface area (Å²) in [5.41, 5.74) is 0.443. The van der Waals surface area contributed by atoms with Gasteiger partial charge in [-0.1, -0.05) is 5.10 Å².